The first-order valence-electron chi connectivity index (χ1n) is 33.9. The molecule has 2 fully saturated rings. The second-order valence-corrected chi connectivity index (χ2v) is 27.1. The summed E-state index contributed by atoms with van der Waals surface area (Å²) in [6, 6.07) is 0. The molecule has 518 valence electrons. The van der Waals surface area contributed by atoms with Crippen molar-refractivity contribution in [3.63, 3.8) is 0 Å². The van der Waals surface area contributed by atoms with Gasteiger partial charge in [0.15, 0.2) is 49.2 Å². The molecule has 20 heteroatoms. The number of carbonyl (C=O) groups excluding carboxylic acids is 7. The number of ether oxygens (including phenoxy) is 13. The topological polar surface area (TPSA) is 239 Å². The molecule has 0 N–H and O–H groups in total. The van der Waals surface area contributed by atoms with Crippen LogP contribution in [0, 0.1) is 47.3 Å². The minimum atomic E-state index is -1.67. The second kappa shape index (κ2) is 45.4. The van der Waals surface area contributed by atoms with Crippen LogP contribution < -0.4 is 0 Å². The van der Waals surface area contributed by atoms with Crippen molar-refractivity contribution < 1.29 is 95.1 Å². The van der Waals surface area contributed by atoms with Gasteiger partial charge < -0.3 is 61.6 Å². The largest absolute Gasteiger partial charge is 0.463 e. The molecule has 2 rings (SSSR count). The number of hydrogen-bond acceptors (Lipinski definition) is 20. The fourth-order valence-corrected chi connectivity index (χ4v) is 11.8. The van der Waals surface area contributed by atoms with Crippen LogP contribution in [0.4, 0.5) is 0 Å². The van der Waals surface area contributed by atoms with Crippen molar-refractivity contribution in [2.24, 2.45) is 47.3 Å². The van der Waals surface area contributed by atoms with Gasteiger partial charge in [0.1, 0.15) is 24.9 Å². The van der Waals surface area contributed by atoms with Gasteiger partial charge in [-0.15, -0.1) is 0 Å². The molecule has 0 saturated carbocycles. The Morgan fingerprint density at radius 3 is 0.978 bits per heavy atom. The van der Waals surface area contributed by atoms with E-state index in [4.69, 9.17) is 61.6 Å². The van der Waals surface area contributed by atoms with E-state index in [1.165, 1.54) is 89.9 Å². The molecule has 0 amide bonds. The van der Waals surface area contributed by atoms with E-state index in [1.807, 2.05) is 0 Å². The van der Waals surface area contributed by atoms with Crippen molar-refractivity contribution in [3.8, 4) is 0 Å². The molecule has 2 heterocycles. The summed E-state index contributed by atoms with van der Waals surface area (Å²) in [4.78, 5) is 88.3. The third kappa shape index (κ3) is 36.8. The van der Waals surface area contributed by atoms with Gasteiger partial charge in [-0.05, 0) is 60.2 Å². The molecule has 0 unspecified atom stereocenters. The van der Waals surface area contributed by atoms with Gasteiger partial charge in [0.25, 0.3) is 0 Å². The van der Waals surface area contributed by atoms with E-state index < -0.39 is 123 Å². The van der Waals surface area contributed by atoms with E-state index in [0.717, 1.165) is 111 Å². The smallest absolute Gasteiger partial charge is 0.303 e. The molecule has 0 aromatic carbocycles. The van der Waals surface area contributed by atoms with Crippen LogP contribution >= 0.6 is 0 Å². The molecule has 2 saturated heterocycles. The van der Waals surface area contributed by atoms with Crippen LogP contribution in [0.3, 0.4) is 0 Å². The van der Waals surface area contributed by atoms with E-state index in [2.05, 4.69) is 69.2 Å². The zero-order chi connectivity index (χ0) is 66.6. The molecule has 0 bridgehead atoms. The van der Waals surface area contributed by atoms with Gasteiger partial charge >= 0.3 is 41.8 Å². The minimum Gasteiger partial charge on any atom is -0.463 e. The normalized spacial score (nSPS) is 24.3. The van der Waals surface area contributed by atoms with Crippen LogP contribution in [0.5, 0.6) is 0 Å². The van der Waals surface area contributed by atoms with Crippen molar-refractivity contribution in [2.45, 2.75) is 314 Å². The summed E-state index contributed by atoms with van der Waals surface area (Å²) in [6.45, 7) is 30.8. The maximum Gasteiger partial charge on any atom is 0.303 e. The summed E-state index contributed by atoms with van der Waals surface area (Å²) in [6.07, 6.45) is 8.19. The summed E-state index contributed by atoms with van der Waals surface area (Å²) >= 11 is 0. The first kappa shape index (κ1) is 81.1. The third-order valence-electron chi connectivity index (χ3n) is 16.9. The first-order valence-corrected chi connectivity index (χ1v) is 33.9. The fraction of sp³-hybridized carbons (Fsp3) is 0.899. The van der Waals surface area contributed by atoms with Crippen LogP contribution in [-0.2, 0) is 95.1 Å². The molecule has 0 radical (unpaired) electrons. The van der Waals surface area contributed by atoms with Crippen LogP contribution in [-0.4, -0.2) is 149 Å². The third-order valence-corrected chi connectivity index (χ3v) is 16.9. The molecule has 2 aliphatic heterocycles. The van der Waals surface area contributed by atoms with Crippen LogP contribution in [0.1, 0.15) is 246 Å². The number of carbonyl (C=O) groups is 7. The molecule has 17 atom stereocenters. The SMILES string of the molecule is CC(=O)OC[C@H]1O[C@@H](OC[C@H]2O[C@H](OC[C@H](COCC[C@@H](C)CCC[C@@H](C)CCC[C@H](C)CCCC(C)C)OCC[C@@H](C)CCC[C@@H](C)CCC[C@H](C)CCCC(C)C)[C@H](OC(C)=O)[C@@H](OC(C)=O)[C@@H]2OC(C)=O)[C@H](OC(C)=O)[C@@H](OC(C)=O)[C@@H]1OC(C)=O. The van der Waals surface area contributed by atoms with Gasteiger partial charge in [0.05, 0.1) is 19.8 Å². The lowest BCUT2D eigenvalue weighted by molar-refractivity contribution is -0.336. The van der Waals surface area contributed by atoms with Crippen LogP contribution in [0.15, 0.2) is 0 Å². The number of hydrogen-bond donors (Lipinski definition) is 0. The highest BCUT2D eigenvalue weighted by atomic mass is 16.8. The molecular weight excluding hydrogens is 1150 g/mol. The van der Waals surface area contributed by atoms with Crippen molar-refractivity contribution >= 4 is 41.8 Å². The minimum absolute atomic E-state index is 0.146. The molecular formula is C69H122O20. The number of rotatable bonds is 47. The highest BCUT2D eigenvalue weighted by Crippen LogP contribution is 2.34. The van der Waals surface area contributed by atoms with Gasteiger partial charge in [-0.2, -0.15) is 0 Å². The predicted molar refractivity (Wildman–Crippen MR) is 337 cm³/mol. The van der Waals surface area contributed by atoms with E-state index in [9.17, 15) is 33.6 Å². The molecule has 0 aromatic rings. The summed E-state index contributed by atoms with van der Waals surface area (Å²) in [7, 11) is 0. The van der Waals surface area contributed by atoms with Crippen molar-refractivity contribution in [1.29, 1.82) is 0 Å². The maximum absolute atomic E-state index is 12.9. The fourth-order valence-electron chi connectivity index (χ4n) is 11.8. The Morgan fingerprint density at radius 1 is 0.326 bits per heavy atom. The Labute approximate surface area is 535 Å². The zero-order valence-corrected chi connectivity index (χ0v) is 58.0. The van der Waals surface area contributed by atoms with Crippen molar-refractivity contribution in [1.82, 2.24) is 0 Å². The summed E-state index contributed by atoms with van der Waals surface area (Å²) in [5, 5.41) is 0. The van der Waals surface area contributed by atoms with Crippen LogP contribution in [0.25, 0.3) is 0 Å². The van der Waals surface area contributed by atoms with Gasteiger partial charge in [0.2, 0.25) is 0 Å². The van der Waals surface area contributed by atoms with Crippen molar-refractivity contribution in [3.05, 3.63) is 0 Å². The zero-order valence-electron chi connectivity index (χ0n) is 58.0. The van der Waals surface area contributed by atoms with E-state index in [1.54, 1.807) is 0 Å². The summed E-state index contributed by atoms with van der Waals surface area (Å²) in [5.41, 5.74) is 0. The predicted octanol–water partition coefficient (Wildman–Crippen LogP) is 13.0. The standard InChI is InChI=1S/C69H122O20/c1-44(2)24-18-26-46(5)28-20-30-48(7)32-22-34-50(9)36-38-77-40-59(78-39-37-51(10)35-23-33-49(8)31-21-29-47(6)27-19-25-45(3)4)41-80-68-66(86-57(16)75)65(85-56(15)74)63(83-54(13)72)61(89-68)43-81-69-67(87-58(17)76)64(84-55(14)73)62(82-53(12)71)60(88-69)42-79-52(11)70/h44-51,59-69H,18-43H2,1-17H3/t46-,47-,48+,49+,50+,51+,59+,60-,61-,62-,63-,64+,65+,66-,67-,68+,69-/m1/s1. The van der Waals surface area contributed by atoms with Gasteiger partial charge in [-0.3, -0.25) is 33.6 Å². The Bertz CT molecular complexity index is 2000. The molecule has 0 aliphatic carbocycles. The first-order chi connectivity index (χ1) is 42.0. The van der Waals surface area contributed by atoms with Gasteiger partial charge in [-0.25, -0.2) is 0 Å². The highest BCUT2D eigenvalue weighted by molar-refractivity contribution is 5.69. The molecule has 0 aromatic heterocycles. The molecule has 2 aliphatic rings. The second-order valence-electron chi connectivity index (χ2n) is 27.1. The van der Waals surface area contributed by atoms with Crippen molar-refractivity contribution in [2.75, 3.05) is 39.6 Å². The lowest BCUT2D eigenvalue weighted by Gasteiger charge is -2.46. The quantitative estimate of drug-likeness (QED) is 0.0312. The molecule has 20 nitrogen and oxygen atoms in total. The van der Waals surface area contributed by atoms with Gasteiger partial charge in [-0.1, -0.05) is 185 Å². The maximum atomic E-state index is 12.9. The Hall–Kier alpha value is -3.95. The summed E-state index contributed by atoms with van der Waals surface area (Å²) < 4.78 is 77.6. The number of esters is 7. The molecule has 89 heavy (non-hydrogen) atoms. The average Bonchev–Trinajstić information content (AvgIpc) is 1.06. The van der Waals surface area contributed by atoms with Crippen LogP contribution in [0.2, 0.25) is 0 Å². The van der Waals surface area contributed by atoms with E-state index in [-0.39, 0.29) is 13.2 Å². The molecule has 0 spiro atoms. The Morgan fingerprint density at radius 2 is 0.629 bits per heavy atom. The lowest BCUT2D eigenvalue weighted by Crippen LogP contribution is -2.65. The van der Waals surface area contributed by atoms with E-state index in [0.29, 0.717) is 36.9 Å². The Kier molecular flexibility index (Phi) is 41.4. The monoisotopic (exact) mass is 1270 g/mol. The Balaban J connectivity index is 2.37. The van der Waals surface area contributed by atoms with Gasteiger partial charge in [0, 0.05) is 61.7 Å². The highest BCUT2D eigenvalue weighted by Gasteiger charge is 2.56. The average molecular weight is 1270 g/mol. The van der Waals surface area contributed by atoms with E-state index >= 15 is 0 Å². The summed E-state index contributed by atoms with van der Waals surface area (Å²) in [5.74, 6) is -0.443. The lowest BCUT2D eigenvalue weighted by atomic mass is 9.91.